The molecular formula is C25H26BrCl2FN4O3. The number of carbonyl (C=O) groups excluding carboxylic acids is 1. The summed E-state index contributed by atoms with van der Waals surface area (Å²) >= 11 is 9.25. The van der Waals surface area contributed by atoms with Gasteiger partial charge in [0, 0.05) is 35.9 Å². The van der Waals surface area contributed by atoms with E-state index in [0.29, 0.717) is 57.1 Å². The van der Waals surface area contributed by atoms with Crippen molar-refractivity contribution in [2.24, 2.45) is 17.8 Å². The molecule has 1 saturated carbocycles. The summed E-state index contributed by atoms with van der Waals surface area (Å²) < 4.78 is 26.9. The molecule has 1 aliphatic heterocycles. The Balaban J connectivity index is 0.00000304. The normalized spacial score (nSPS) is 20.7. The number of nitrogens with one attached hydrogen (secondary N) is 1. The number of amides is 1. The highest BCUT2D eigenvalue weighted by atomic mass is 79.9. The van der Waals surface area contributed by atoms with Crippen molar-refractivity contribution >= 4 is 68.3 Å². The molecule has 1 N–H and O–H groups in total. The van der Waals surface area contributed by atoms with Gasteiger partial charge in [-0.2, -0.15) is 0 Å². The molecule has 1 amide bonds. The van der Waals surface area contributed by atoms with E-state index in [1.807, 2.05) is 11.0 Å². The fourth-order valence-electron chi connectivity index (χ4n) is 5.21. The average Bonchev–Trinajstić information content (AvgIpc) is 3.42. The Morgan fingerprint density at radius 3 is 2.61 bits per heavy atom. The number of methoxy groups -OCH3 is 1. The van der Waals surface area contributed by atoms with Gasteiger partial charge in [0.15, 0.2) is 17.3 Å². The Bertz CT molecular complexity index is 1280. The third-order valence-electron chi connectivity index (χ3n) is 6.98. The van der Waals surface area contributed by atoms with E-state index in [0.717, 1.165) is 25.9 Å². The van der Waals surface area contributed by atoms with Gasteiger partial charge >= 0.3 is 0 Å². The number of aromatic nitrogens is 2. The number of halogens is 4. The number of hydrogen-bond acceptors (Lipinski definition) is 6. The Labute approximate surface area is 228 Å². The summed E-state index contributed by atoms with van der Waals surface area (Å²) in [6.07, 6.45) is 3.53. The number of anilines is 2. The molecule has 2 aliphatic rings. The summed E-state index contributed by atoms with van der Waals surface area (Å²) in [5.41, 5.74) is 0.843. The van der Waals surface area contributed by atoms with E-state index < -0.39 is 5.82 Å². The van der Waals surface area contributed by atoms with Crippen LogP contribution in [0, 0.1) is 23.6 Å². The van der Waals surface area contributed by atoms with Gasteiger partial charge in [0.05, 0.1) is 29.9 Å². The summed E-state index contributed by atoms with van der Waals surface area (Å²) in [5, 5.41) is 3.66. The number of ether oxygens (including phenoxy) is 2. The molecule has 1 aromatic heterocycles. The van der Waals surface area contributed by atoms with Crippen molar-refractivity contribution in [3.8, 4) is 11.5 Å². The Morgan fingerprint density at radius 2 is 1.94 bits per heavy atom. The molecule has 11 heteroatoms. The lowest BCUT2D eigenvalue weighted by atomic mass is 10.0. The van der Waals surface area contributed by atoms with Gasteiger partial charge < -0.3 is 19.7 Å². The minimum Gasteiger partial charge on any atom is -0.493 e. The standard InChI is InChI=1S/C25H25BrClFN4O3.ClH/c1-13(33)32-9-15-5-14(6-16(15)10-32)11-35-22-8-20-17(7-21(22)34-2)25(30-12-29-20)31-19-4-3-18(26)23(27)24(19)28;/h3-4,7-8,12,14-16H,5-6,9-11H2,1-2H3,(H,29,30,31);1H/t14?,15-,16+;. The highest BCUT2D eigenvalue weighted by Gasteiger charge is 2.41. The number of nitrogens with zero attached hydrogens (tertiary/aromatic N) is 3. The first-order valence-corrected chi connectivity index (χ1v) is 12.6. The molecule has 0 bridgehead atoms. The van der Waals surface area contributed by atoms with E-state index in [1.165, 1.54) is 6.33 Å². The largest absolute Gasteiger partial charge is 0.493 e. The van der Waals surface area contributed by atoms with Crippen LogP contribution in [-0.4, -0.2) is 47.6 Å². The van der Waals surface area contributed by atoms with E-state index in [9.17, 15) is 9.18 Å². The van der Waals surface area contributed by atoms with Gasteiger partial charge in [-0.05, 0) is 64.7 Å². The number of likely N-dealkylation sites (tertiary alicyclic amines) is 1. The first-order valence-electron chi connectivity index (χ1n) is 11.5. The third-order valence-corrected chi connectivity index (χ3v) is 8.24. The van der Waals surface area contributed by atoms with Crippen LogP contribution in [0.4, 0.5) is 15.9 Å². The predicted octanol–water partition coefficient (Wildman–Crippen LogP) is 6.24. The smallest absolute Gasteiger partial charge is 0.219 e. The van der Waals surface area contributed by atoms with Crippen LogP contribution in [0.15, 0.2) is 35.1 Å². The lowest BCUT2D eigenvalue weighted by molar-refractivity contribution is -0.128. The number of rotatable bonds is 6. The van der Waals surface area contributed by atoms with Crippen LogP contribution in [0.2, 0.25) is 5.02 Å². The topological polar surface area (TPSA) is 76.6 Å². The monoisotopic (exact) mass is 598 g/mol. The van der Waals surface area contributed by atoms with Gasteiger partial charge in [-0.3, -0.25) is 4.79 Å². The number of benzene rings is 2. The zero-order valence-electron chi connectivity index (χ0n) is 19.8. The van der Waals surface area contributed by atoms with Crippen molar-refractivity contribution in [2.75, 3.05) is 32.1 Å². The molecule has 0 radical (unpaired) electrons. The summed E-state index contributed by atoms with van der Waals surface area (Å²) in [4.78, 5) is 22.3. The minimum absolute atomic E-state index is 0. The first-order chi connectivity index (χ1) is 16.8. The fraction of sp³-hybridized carbons (Fsp3) is 0.400. The molecular weight excluding hydrogens is 574 g/mol. The van der Waals surface area contributed by atoms with Crippen molar-refractivity contribution in [1.82, 2.24) is 14.9 Å². The van der Waals surface area contributed by atoms with Gasteiger partial charge in [0.2, 0.25) is 5.91 Å². The maximum atomic E-state index is 14.6. The molecule has 0 spiro atoms. The molecule has 192 valence electrons. The van der Waals surface area contributed by atoms with Gasteiger partial charge in [0.1, 0.15) is 12.1 Å². The van der Waals surface area contributed by atoms with Gasteiger partial charge in [-0.25, -0.2) is 14.4 Å². The fourth-order valence-corrected chi connectivity index (χ4v) is 5.68. The molecule has 7 nitrogen and oxygen atoms in total. The second-order valence-electron chi connectivity index (χ2n) is 9.18. The maximum Gasteiger partial charge on any atom is 0.219 e. The first kappa shape index (κ1) is 26.7. The second kappa shape index (κ2) is 10.9. The SMILES string of the molecule is COc1cc2c(Nc3ccc(Br)c(Cl)c3F)ncnc2cc1OCC1C[C@@H]2CN(C(C)=O)C[C@@H]2C1.Cl. The quantitative estimate of drug-likeness (QED) is 0.338. The molecule has 3 aromatic rings. The predicted molar refractivity (Wildman–Crippen MR) is 143 cm³/mol. The van der Waals surface area contributed by atoms with Crippen LogP contribution in [0.3, 0.4) is 0 Å². The van der Waals surface area contributed by atoms with Crippen molar-refractivity contribution < 1.29 is 18.7 Å². The van der Waals surface area contributed by atoms with Crippen LogP contribution >= 0.6 is 39.9 Å². The van der Waals surface area contributed by atoms with Crippen LogP contribution in [-0.2, 0) is 4.79 Å². The van der Waals surface area contributed by atoms with Crippen LogP contribution in [0.25, 0.3) is 10.9 Å². The minimum atomic E-state index is -0.576. The van der Waals surface area contributed by atoms with Crippen LogP contribution in [0.5, 0.6) is 11.5 Å². The van der Waals surface area contributed by atoms with E-state index in [4.69, 9.17) is 21.1 Å². The lowest BCUT2D eigenvalue weighted by Crippen LogP contribution is -2.27. The lowest BCUT2D eigenvalue weighted by Gasteiger charge is -2.19. The summed E-state index contributed by atoms with van der Waals surface area (Å²) in [6, 6.07) is 6.86. The number of hydrogen-bond donors (Lipinski definition) is 1. The van der Waals surface area contributed by atoms with Crippen molar-refractivity contribution in [3.05, 3.63) is 45.9 Å². The van der Waals surface area contributed by atoms with Crippen LogP contribution in [0.1, 0.15) is 19.8 Å². The zero-order valence-corrected chi connectivity index (χ0v) is 22.9. The molecule has 2 heterocycles. The Hall–Kier alpha value is -2.36. The van der Waals surface area contributed by atoms with Gasteiger partial charge in [-0.1, -0.05) is 11.6 Å². The highest BCUT2D eigenvalue weighted by Crippen LogP contribution is 2.43. The van der Waals surface area contributed by atoms with Crippen molar-refractivity contribution in [3.63, 3.8) is 0 Å². The van der Waals surface area contributed by atoms with E-state index >= 15 is 0 Å². The molecule has 2 aromatic carbocycles. The van der Waals surface area contributed by atoms with Crippen LogP contribution < -0.4 is 14.8 Å². The molecule has 1 unspecified atom stereocenters. The molecule has 36 heavy (non-hydrogen) atoms. The van der Waals surface area contributed by atoms with E-state index in [-0.39, 0.29) is 29.0 Å². The van der Waals surface area contributed by atoms with E-state index in [2.05, 4.69) is 31.2 Å². The molecule has 3 atom stereocenters. The number of carbonyl (C=O) groups is 1. The van der Waals surface area contributed by atoms with Gasteiger partial charge in [-0.15, -0.1) is 12.4 Å². The molecule has 1 saturated heterocycles. The van der Waals surface area contributed by atoms with Crippen molar-refractivity contribution in [1.29, 1.82) is 0 Å². The summed E-state index contributed by atoms with van der Waals surface area (Å²) in [5.74, 6) is 2.71. The molecule has 2 fully saturated rings. The van der Waals surface area contributed by atoms with E-state index in [1.54, 1.807) is 32.2 Å². The zero-order chi connectivity index (χ0) is 24.7. The maximum absolute atomic E-state index is 14.6. The van der Waals surface area contributed by atoms with Crippen molar-refractivity contribution in [2.45, 2.75) is 19.8 Å². The Morgan fingerprint density at radius 1 is 1.22 bits per heavy atom. The highest BCUT2D eigenvalue weighted by molar-refractivity contribution is 9.10. The number of fused-ring (bicyclic) bond motifs is 2. The Kier molecular flexibility index (Phi) is 8.12. The summed E-state index contributed by atoms with van der Waals surface area (Å²) in [6.45, 7) is 3.93. The second-order valence-corrected chi connectivity index (χ2v) is 10.4. The molecule has 1 aliphatic carbocycles. The van der Waals surface area contributed by atoms with Gasteiger partial charge in [0.25, 0.3) is 0 Å². The molecule has 5 rings (SSSR count). The average molecular weight is 600 g/mol. The summed E-state index contributed by atoms with van der Waals surface area (Å²) in [7, 11) is 1.58. The third kappa shape index (κ3) is 5.19.